The van der Waals surface area contributed by atoms with Gasteiger partial charge in [0.15, 0.2) is 0 Å². The predicted molar refractivity (Wildman–Crippen MR) is 129 cm³/mol. The van der Waals surface area contributed by atoms with Crippen LogP contribution in [0.1, 0.15) is 34.1 Å². The van der Waals surface area contributed by atoms with Crippen LogP contribution in [-0.2, 0) is 9.53 Å². The minimum absolute atomic E-state index is 0.0266. The number of halogens is 1. The van der Waals surface area contributed by atoms with Crippen LogP contribution in [0, 0.1) is 12.8 Å². The molecular weight excluding hydrogens is 482 g/mol. The number of amides is 1. The van der Waals surface area contributed by atoms with Gasteiger partial charge in [0.2, 0.25) is 0 Å². The molecule has 3 aromatic rings. The first-order valence-corrected chi connectivity index (χ1v) is 11.8. The van der Waals surface area contributed by atoms with Crippen LogP contribution >= 0.6 is 15.9 Å². The lowest BCUT2D eigenvalue weighted by Gasteiger charge is -2.19. The van der Waals surface area contributed by atoms with Crippen LogP contribution in [0.5, 0.6) is 0 Å². The Morgan fingerprint density at radius 1 is 0.970 bits per heavy atom. The molecule has 5 nitrogen and oxygen atoms in total. The molecular formula is C27H24BrNO4. The number of fused-ring (bicyclic) bond motifs is 3. The minimum Gasteiger partial charge on any atom is -0.481 e. The standard InChI is InChI=1S/C27H24BrNO4/c1-16-10-11-21(25(28)12-16)22-13-29(14-23(22)26(30)31)27(32)33-15-24-19-8-4-2-6-17(19)18-7-3-5-9-20(18)24/h2-12,22-24H,13-15H2,1H3,(H,30,31)/t22-,23+/m0/s1. The molecule has 1 heterocycles. The first kappa shape index (κ1) is 21.7. The second-order valence-corrected chi connectivity index (χ2v) is 9.64. The molecule has 2 atom stereocenters. The predicted octanol–water partition coefficient (Wildman–Crippen LogP) is 5.81. The zero-order valence-electron chi connectivity index (χ0n) is 18.2. The third-order valence-electron chi connectivity index (χ3n) is 6.79. The number of likely N-dealkylation sites (tertiary alicyclic amines) is 1. The Bertz CT molecular complexity index is 1190. The summed E-state index contributed by atoms with van der Waals surface area (Å²) in [6.45, 7) is 2.66. The third-order valence-corrected chi connectivity index (χ3v) is 7.47. The molecule has 3 aromatic carbocycles. The topological polar surface area (TPSA) is 66.8 Å². The van der Waals surface area contributed by atoms with Crippen LogP contribution in [0.2, 0.25) is 0 Å². The highest BCUT2D eigenvalue weighted by Gasteiger charge is 2.42. The highest BCUT2D eigenvalue weighted by atomic mass is 79.9. The van der Waals surface area contributed by atoms with Crippen molar-refractivity contribution < 1.29 is 19.4 Å². The van der Waals surface area contributed by atoms with Gasteiger partial charge in [-0.3, -0.25) is 4.79 Å². The van der Waals surface area contributed by atoms with Crippen molar-refractivity contribution in [2.75, 3.05) is 19.7 Å². The van der Waals surface area contributed by atoms with Gasteiger partial charge >= 0.3 is 12.1 Å². The molecule has 1 fully saturated rings. The number of carbonyl (C=O) groups is 2. The maximum absolute atomic E-state index is 13.0. The van der Waals surface area contributed by atoms with Gasteiger partial charge in [-0.25, -0.2) is 4.79 Å². The van der Waals surface area contributed by atoms with Gasteiger partial charge in [-0.15, -0.1) is 0 Å². The summed E-state index contributed by atoms with van der Waals surface area (Å²) >= 11 is 3.57. The Hall–Kier alpha value is -3.12. The Labute approximate surface area is 201 Å². The van der Waals surface area contributed by atoms with E-state index in [0.29, 0.717) is 6.54 Å². The van der Waals surface area contributed by atoms with E-state index in [0.717, 1.165) is 26.7 Å². The van der Waals surface area contributed by atoms with Crippen molar-refractivity contribution in [1.82, 2.24) is 4.90 Å². The number of aliphatic carboxylic acids is 1. The number of hydrogen-bond acceptors (Lipinski definition) is 3. The smallest absolute Gasteiger partial charge is 0.409 e. The van der Waals surface area contributed by atoms with E-state index in [2.05, 4.69) is 40.2 Å². The monoisotopic (exact) mass is 505 g/mol. The summed E-state index contributed by atoms with van der Waals surface area (Å²) in [5.74, 6) is -1.90. The lowest BCUT2D eigenvalue weighted by atomic mass is 9.88. The SMILES string of the molecule is Cc1ccc([C@@H]2CN(C(=O)OCC3c4ccccc4-c4ccccc43)C[C@H]2C(=O)O)c(Br)c1. The van der Waals surface area contributed by atoms with E-state index in [1.54, 1.807) is 0 Å². The van der Waals surface area contributed by atoms with E-state index < -0.39 is 18.0 Å². The fourth-order valence-electron chi connectivity index (χ4n) is 5.14. The van der Waals surface area contributed by atoms with Crippen molar-refractivity contribution in [1.29, 1.82) is 0 Å². The summed E-state index contributed by atoms with van der Waals surface area (Å²) in [6.07, 6.45) is -0.464. The van der Waals surface area contributed by atoms with Crippen LogP contribution in [-0.4, -0.2) is 41.8 Å². The number of carboxylic acid groups (broad SMARTS) is 1. The van der Waals surface area contributed by atoms with Crippen LogP contribution in [0.4, 0.5) is 4.79 Å². The quantitative estimate of drug-likeness (QED) is 0.485. The molecule has 0 bridgehead atoms. The fraction of sp³-hybridized carbons (Fsp3) is 0.259. The number of rotatable bonds is 4. The van der Waals surface area contributed by atoms with Crippen LogP contribution < -0.4 is 0 Å². The molecule has 1 aliphatic carbocycles. The molecule has 33 heavy (non-hydrogen) atoms. The first-order chi connectivity index (χ1) is 15.9. The second kappa shape index (κ2) is 8.67. The highest BCUT2D eigenvalue weighted by molar-refractivity contribution is 9.10. The average Bonchev–Trinajstić information content (AvgIpc) is 3.38. The number of aryl methyl sites for hydroxylation is 1. The molecule has 2 aliphatic rings. The summed E-state index contributed by atoms with van der Waals surface area (Å²) in [4.78, 5) is 26.5. The first-order valence-electron chi connectivity index (χ1n) is 11.0. The summed E-state index contributed by atoms with van der Waals surface area (Å²) in [5, 5.41) is 9.82. The lowest BCUT2D eigenvalue weighted by molar-refractivity contribution is -0.141. The van der Waals surface area contributed by atoms with Crippen LogP contribution in [0.15, 0.2) is 71.2 Å². The minimum atomic E-state index is -0.901. The summed E-state index contributed by atoms with van der Waals surface area (Å²) in [5.41, 5.74) is 6.64. The van der Waals surface area contributed by atoms with Crippen LogP contribution in [0.3, 0.4) is 0 Å². The Morgan fingerprint density at radius 2 is 1.61 bits per heavy atom. The number of nitrogens with zero attached hydrogens (tertiary/aromatic N) is 1. The summed E-state index contributed by atoms with van der Waals surface area (Å²) in [6, 6.07) is 22.3. The van der Waals surface area contributed by atoms with Crippen molar-refractivity contribution >= 4 is 28.0 Å². The zero-order chi connectivity index (χ0) is 23.1. The van der Waals surface area contributed by atoms with Crippen molar-refractivity contribution in [2.45, 2.75) is 18.8 Å². The van der Waals surface area contributed by atoms with Gasteiger partial charge in [-0.1, -0.05) is 76.6 Å². The number of carbonyl (C=O) groups excluding carboxylic acids is 1. The molecule has 0 aromatic heterocycles. The molecule has 1 amide bonds. The molecule has 0 spiro atoms. The normalized spacial score (nSPS) is 19.3. The average molecular weight is 506 g/mol. The number of hydrogen-bond donors (Lipinski definition) is 1. The molecule has 6 heteroatoms. The van der Waals surface area contributed by atoms with E-state index in [-0.39, 0.29) is 25.0 Å². The molecule has 168 valence electrons. The maximum Gasteiger partial charge on any atom is 0.409 e. The van der Waals surface area contributed by atoms with E-state index in [9.17, 15) is 14.7 Å². The highest BCUT2D eigenvalue weighted by Crippen LogP contribution is 2.44. The molecule has 1 N–H and O–H groups in total. The zero-order valence-corrected chi connectivity index (χ0v) is 19.8. The molecule has 0 unspecified atom stereocenters. The second-order valence-electron chi connectivity index (χ2n) is 8.79. The van der Waals surface area contributed by atoms with E-state index in [1.165, 1.54) is 16.0 Å². The Balaban J connectivity index is 1.33. The van der Waals surface area contributed by atoms with Crippen molar-refractivity contribution in [3.63, 3.8) is 0 Å². The molecule has 5 rings (SSSR count). The largest absolute Gasteiger partial charge is 0.481 e. The van der Waals surface area contributed by atoms with Gasteiger partial charge in [0.05, 0.1) is 5.92 Å². The van der Waals surface area contributed by atoms with E-state index in [1.807, 2.05) is 49.4 Å². The van der Waals surface area contributed by atoms with Crippen molar-refractivity contribution in [3.8, 4) is 11.1 Å². The molecule has 0 saturated carbocycles. The van der Waals surface area contributed by atoms with Gasteiger partial charge in [0, 0.05) is 29.4 Å². The van der Waals surface area contributed by atoms with E-state index in [4.69, 9.17) is 4.74 Å². The van der Waals surface area contributed by atoms with Gasteiger partial charge in [0.1, 0.15) is 6.61 Å². The van der Waals surface area contributed by atoms with Crippen molar-refractivity contribution in [3.05, 3.63) is 93.5 Å². The number of ether oxygens (including phenoxy) is 1. The Kier molecular flexibility index (Phi) is 5.71. The van der Waals surface area contributed by atoms with Gasteiger partial charge in [-0.2, -0.15) is 0 Å². The molecule has 1 saturated heterocycles. The van der Waals surface area contributed by atoms with E-state index >= 15 is 0 Å². The van der Waals surface area contributed by atoms with Crippen molar-refractivity contribution in [2.24, 2.45) is 5.92 Å². The van der Waals surface area contributed by atoms with Gasteiger partial charge in [-0.05, 0) is 46.4 Å². The Morgan fingerprint density at radius 3 is 2.21 bits per heavy atom. The number of carboxylic acids is 1. The maximum atomic E-state index is 13.0. The van der Waals surface area contributed by atoms with Crippen LogP contribution in [0.25, 0.3) is 11.1 Å². The third kappa shape index (κ3) is 3.93. The number of benzene rings is 3. The van der Waals surface area contributed by atoms with Gasteiger partial charge in [0.25, 0.3) is 0 Å². The summed E-state index contributed by atoms with van der Waals surface area (Å²) in [7, 11) is 0. The van der Waals surface area contributed by atoms with Gasteiger partial charge < -0.3 is 14.7 Å². The summed E-state index contributed by atoms with van der Waals surface area (Å²) < 4.78 is 6.64. The fourth-order valence-corrected chi connectivity index (χ4v) is 5.92. The molecule has 1 aliphatic heterocycles. The lowest BCUT2D eigenvalue weighted by Crippen LogP contribution is -2.31. The molecule has 0 radical (unpaired) electrons.